The number of rotatable bonds is 4. The minimum absolute atomic E-state index is 0.153. The van der Waals surface area contributed by atoms with Crippen LogP contribution in [-0.4, -0.2) is 26.8 Å². The highest BCUT2D eigenvalue weighted by atomic mass is 16.3. The quantitative estimate of drug-likeness (QED) is 0.562. The van der Waals surface area contributed by atoms with E-state index in [1.807, 2.05) is 18.2 Å². The van der Waals surface area contributed by atoms with Crippen molar-refractivity contribution in [3.8, 4) is 0 Å². The fraction of sp³-hybridized carbons (Fsp3) is 0.421. The zero-order valence-corrected chi connectivity index (χ0v) is 14.3. The molecule has 1 aromatic heterocycles. The van der Waals surface area contributed by atoms with Gasteiger partial charge in [-0.25, -0.2) is 9.97 Å². The van der Waals surface area contributed by atoms with Crippen molar-refractivity contribution >= 4 is 28.0 Å². The van der Waals surface area contributed by atoms with Crippen molar-refractivity contribution in [3.63, 3.8) is 0 Å². The molecule has 1 aliphatic rings. The molecule has 24 heavy (non-hydrogen) atoms. The number of hydrogen-bond acceptors (Lipinski definition) is 5. The van der Waals surface area contributed by atoms with Crippen molar-refractivity contribution in [2.75, 3.05) is 5.32 Å². The van der Waals surface area contributed by atoms with Crippen molar-refractivity contribution in [3.05, 3.63) is 35.8 Å². The number of aromatic nitrogens is 2. The van der Waals surface area contributed by atoms with Gasteiger partial charge in [0.05, 0.1) is 11.3 Å². The smallest absolute Gasteiger partial charge is 0.137 e. The second kappa shape index (κ2) is 6.99. The lowest BCUT2D eigenvalue weighted by Gasteiger charge is -2.23. The Kier molecular flexibility index (Phi) is 4.79. The van der Waals surface area contributed by atoms with Gasteiger partial charge >= 0.3 is 0 Å². The van der Waals surface area contributed by atoms with E-state index in [1.165, 1.54) is 32.1 Å². The van der Waals surface area contributed by atoms with Crippen LogP contribution in [0.2, 0.25) is 0 Å². The third-order valence-corrected chi connectivity index (χ3v) is 4.61. The van der Waals surface area contributed by atoms with Gasteiger partial charge in [0.2, 0.25) is 0 Å². The number of benzene rings is 1. The van der Waals surface area contributed by atoms with E-state index in [-0.39, 0.29) is 5.76 Å². The average Bonchev–Trinajstić information content (AvgIpc) is 2.56. The van der Waals surface area contributed by atoms with Crippen molar-refractivity contribution < 1.29 is 5.11 Å². The first kappa shape index (κ1) is 16.4. The lowest BCUT2D eigenvalue weighted by Crippen LogP contribution is -2.23. The summed E-state index contributed by atoms with van der Waals surface area (Å²) in [5, 5.41) is 22.3. The summed E-state index contributed by atoms with van der Waals surface area (Å²) in [5.41, 5.74) is 2.58. The fourth-order valence-electron chi connectivity index (χ4n) is 3.46. The molecule has 3 rings (SSSR count). The maximum Gasteiger partial charge on any atom is 0.137 e. The van der Waals surface area contributed by atoms with Gasteiger partial charge in [0, 0.05) is 22.7 Å². The van der Waals surface area contributed by atoms with Crippen molar-refractivity contribution in [2.45, 2.75) is 52.0 Å². The van der Waals surface area contributed by atoms with Crippen LogP contribution in [-0.2, 0) is 0 Å². The van der Waals surface area contributed by atoms with E-state index < -0.39 is 0 Å². The van der Waals surface area contributed by atoms with Gasteiger partial charge in [-0.1, -0.05) is 25.3 Å². The van der Waals surface area contributed by atoms with E-state index in [4.69, 9.17) is 5.41 Å². The maximum atomic E-state index is 9.93. The van der Waals surface area contributed by atoms with Crippen LogP contribution >= 0.6 is 0 Å². The highest BCUT2D eigenvalue weighted by Crippen LogP contribution is 2.28. The molecule has 1 heterocycles. The first-order chi connectivity index (χ1) is 11.6. The van der Waals surface area contributed by atoms with E-state index in [9.17, 15) is 5.11 Å². The predicted octanol–water partition coefficient (Wildman–Crippen LogP) is 4.70. The molecule has 1 aliphatic carbocycles. The monoisotopic (exact) mass is 324 g/mol. The third kappa shape index (κ3) is 3.40. The zero-order valence-electron chi connectivity index (χ0n) is 14.3. The Hall–Kier alpha value is -2.43. The van der Waals surface area contributed by atoms with E-state index in [0.29, 0.717) is 17.3 Å². The molecule has 0 aliphatic heterocycles. The fourth-order valence-corrected chi connectivity index (χ4v) is 3.46. The Morgan fingerprint density at radius 2 is 1.92 bits per heavy atom. The van der Waals surface area contributed by atoms with Gasteiger partial charge in [0.1, 0.15) is 12.1 Å². The molecule has 0 bridgehead atoms. The highest BCUT2D eigenvalue weighted by Gasteiger charge is 2.16. The topological polar surface area (TPSA) is 81.9 Å². The van der Waals surface area contributed by atoms with Gasteiger partial charge in [0.25, 0.3) is 0 Å². The van der Waals surface area contributed by atoms with Gasteiger partial charge in [0.15, 0.2) is 0 Å². The average molecular weight is 324 g/mol. The molecule has 126 valence electrons. The standard InChI is InChI=1S/C19H24N4O/c1-12(20)18(13(2)24)14-8-9-17-16(10-14)19(22-11-21-17)23-15-6-4-3-5-7-15/h8-11,15,20,24H,3-7H2,1-2H3,(H,21,22,23)/b18-13+,20-12?. The minimum atomic E-state index is 0.153. The maximum absolute atomic E-state index is 9.93. The molecule has 0 atom stereocenters. The van der Waals surface area contributed by atoms with E-state index in [0.717, 1.165) is 22.3 Å². The molecule has 1 fully saturated rings. The van der Waals surface area contributed by atoms with Crippen LogP contribution in [0.25, 0.3) is 16.5 Å². The molecule has 0 spiro atoms. The van der Waals surface area contributed by atoms with Crippen LogP contribution in [0, 0.1) is 5.41 Å². The molecule has 0 amide bonds. The lowest BCUT2D eigenvalue weighted by molar-refractivity contribution is 0.418. The SMILES string of the molecule is CC(=N)/C(=C(/C)O)c1ccc2ncnc(NC3CCCCC3)c2c1. The van der Waals surface area contributed by atoms with Gasteiger partial charge < -0.3 is 15.8 Å². The molecule has 3 N–H and O–H groups in total. The van der Waals surface area contributed by atoms with Crippen LogP contribution < -0.4 is 5.32 Å². The molecule has 5 heteroatoms. The van der Waals surface area contributed by atoms with Crippen LogP contribution in [0.1, 0.15) is 51.5 Å². The molecule has 0 saturated heterocycles. The van der Waals surface area contributed by atoms with Crippen molar-refractivity contribution in [1.82, 2.24) is 9.97 Å². The van der Waals surface area contributed by atoms with E-state index >= 15 is 0 Å². The lowest BCUT2D eigenvalue weighted by atomic mass is 9.95. The summed E-state index contributed by atoms with van der Waals surface area (Å²) in [7, 11) is 0. The first-order valence-electron chi connectivity index (χ1n) is 8.53. The summed E-state index contributed by atoms with van der Waals surface area (Å²) in [4.78, 5) is 8.78. The number of fused-ring (bicyclic) bond motifs is 1. The molecule has 0 radical (unpaired) electrons. The summed E-state index contributed by atoms with van der Waals surface area (Å²) in [6.07, 6.45) is 7.76. The van der Waals surface area contributed by atoms with Crippen LogP contribution in [0.5, 0.6) is 0 Å². The number of hydrogen-bond donors (Lipinski definition) is 3. The molecule has 5 nitrogen and oxygen atoms in total. The Morgan fingerprint density at radius 3 is 2.58 bits per heavy atom. The number of nitrogens with zero attached hydrogens (tertiary/aromatic N) is 2. The normalized spacial score (nSPS) is 16.8. The second-order valence-corrected chi connectivity index (χ2v) is 6.52. The molecular formula is C19H24N4O. The molecule has 1 saturated carbocycles. The number of allylic oxidation sites excluding steroid dienone is 2. The molecule has 2 aromatic rings. The Morgan fingerprint density at radius 1 is 1.17 bits per heavy atom. The van der Waals surface area contributed by atoms with E-state index in [2.05, 4.69) is 15.3 Å². The minimum Gasteiger partial charge on any atom is -0.512 e. The van der Waals surface area contributed by atoms with Gasteiger partial charge in [-0.05, 0) is 44.4 Å². The summed E-state index contributed by atoms with van der Waals surface area (Å²) in [5.74, 6) is 0.992. The molecular weight excluding hydrogens is 300 g/mol. The summed E-state index contributed by atoms with van der Waals surface area (Å²) in [6, 6.07) is 6.24. The van der Waals surface area contributed by atoms with Crippen LogP contribution in [0.4, 0.5) is 5.82 Å². The number of aliphatic hydroxyl groups is 1. The van der Waals surface area contributed by atoms with Gasteiger partial charge in [-0.15, -0.1) is 0 Å². The second-order valence-electron chi connectivity index (χ2n) is 6.52. The van der Waals surface area contributed by atoms with Gasteiger partial charge in [-0.2, -0.15) is 0 Å². The number of aliphatic hydroxyl groups excluding tert-OH is 1. The Bertz CT molecular complexity index is 787. The van der Waals surface area contributed by atoms with Crippen LogP contribution in [0.3, 0.4) is 0 Å². The largest absolute Gasteiger partial charge is 0.512 e. The highest BCUT2D eigenvalue weighted by molar-refractivity contribution is 6.22. The summed E-state index contributed by atoms with van der Waals surface area (Å²) < 4.78 is 0. The predicted molar refractivity (Wildman–Crippen MR) is 98.7 cm³/mol. The van der Waals surface area contributed by atoms with Crippen LogP contribution in [0.15, 0.2) is 30.3 Å². The third-order valence-electron chi connectivity index (χ3n) is 4.61. The first-order valence-corrected chi connectivity index (χ1v) is 8.53. The number of anilines is 1. The van der Waals surface area contributed by atoms with E-state index in [1.54, 1.807) is 20.2 Å². The zero-order chi connectivity index (χ0) is 17.1. The summed E-state index contributed by atoms with van der Waals surface area (Å²) >= 11 is 0. The van der Waals surface area contributed by atoms with Crippen molar-refractivity contribution in [2.24, 2.45) is 0 Å². The number of nitrogens with one attached hydrogen (secondary N) is 2. The summed E-state index contributed by atoms with van der Waals surface area (Å²) in [6.45, 7) is 3.29. The Balaban J connectivity index is 2.02. The Labute approximate surface area is 142 Å². The molecule has 0 unspecified atom stereocenters. The van der Waals surface area contributed by atoms with Crippen molar-refractivity contribution in [1.29, 1.82) is 5.41 Å². The molecule has 1 aromatic carbocycles. The van der Waals surface area contributed by atoms with Gasteiger partial charge in [-0.3, -0.25) is 0 Å².